The number of carbonyl (C=O) groups excluding carboxylic acids is 2. The van der Waals surface area contributed by atoms with E-state index in [0.29, 0.717) is 55.5 Å². The minimum atomic E-state index is -0.183. The number of fused-ring (bicyclic) bond motifs is 1. The van der Waals surface area contributed by atoms with E-state index in [4.69, 9.17) is 9.93 Å². The maximum absolute atomic E-state index is 12.7. The van der Waals surface area contributed by atoms with Crippen LogP contribution in [0.25, 0.3) is 0 Å². The monoisotopic (exact) mass is 378 g/mol. The molecule has 2 N–H and O–H groups in total. The highest BCUT2D eigenvalue weighted by molar-refractivity contribution is 6.23. The van der Waals surface area contributed by atoms with Crippen molar-refractivity contribution in [3.05, 3.63) is 64.2 Å². The molecule has 1 atom stereocenters. The van der Waals surface area contributed by atoms with E-state index in [9.17, 15) is 14.7 Å². The number of carbonyl (C=O) groups is 2. The molecule has 1 saturated carbocycles. The number of aromatic nitrogens is 1. The second-order valence-corrected chi connectivity index (χ2v) is 7.44. The number of aliphatic hydroxyl groups excluding tert-OH is 1. The third kappa shape index (κ3) is 3.42. The summed E-state index contributed by atoms with van der Waals surface area (Å²) in [5.74, 6) is 0.404. The summed E-state index contributed by atoms with van der Waals surface area (Å²) in [5, 5.41) is 22.3. The molecule has 0 radical (unpaired) electrons. The summed E-state index contributed by atoms with van der Waals surface area (Å²) in [6.07, 6.45) is 3.01. The van der Waals surface area contributed by atoms with Gasteiger partial charge >= 0.3 is 0 Å². The first-order chi connectivity index (χ1) is 13.5. The van der Waals surface area contributed by atoms with Crippen LogP contribution in [0.5, 0.6) is 0 Å². The van der Waals surface area contributed by atoms with E-state index >= 15 is 0 Å². The van der Waals surface area contributed by atoms with Gasteiger partial charge in [-0.15, -0.1) is 0 Å². The SMILES string of the molecule is N=C1CCCC(=O)/C1=C(\O)CCc1noc2c1C(=O)CC(c1ccccc1)C2. The van der Waals surface area contributed by atoms with Crippen LogP contribution < -0.4 is 0 Å². The molecule has 2 aliphatic carbocycles. The van der Waals surface area contributed by atoms with Crippen molar-refractivity contribution in [1.82, 2.24) is 5.16 Å². The molecule has 2 aromatic rings. The second kappa shape index (κ2) is 7.54. The average molecular weight is 378 g/mol. The Morgan fingerprint density at radius 2 is 1.93 bits per heavy atom. The van der Waals surface area contributed by atoms with Crippen LogP contribution in [0, 0.1) is 5.41 Å². The first-order valence-electron chi connectivity index (χ1n) is 9.63. The quantitative estimate of drug-likeness (QED) is 0.615. The Hall–Kier alpha value is -3.02. The van der Waals surface area contributed by atoms with E-state index in [2.05, 4.69) is 5.16 Å². The number of ketones is 2. The van der Waals surface area contributed by atoms with Gasteiger partial charge in [-0.3, -0.25) is 9.59 Å². The van der Waals surface area contributed by atoms with E-state index in [1.54, 1.807) is 0 Å². The number of nitrogens with one attached hydrogen (secondary N) is 1. The maximum Gasteiger partial charge on any atom is 0.168 e. The molecule has 1 aromatic carbocycles. The lowest BCUT2D eigenvalue weighted by Crippen LogP contribution is -2.21. The van der Waals surface area contributed by atoms with Crippen LogP contribution in [-0.4, -0.2) is 27.5 Å². The van der Waals surface area contributed by atoms with Crippen LogP contribution in [0.4, 0.5) is 0 Å². The van der Waals surface area contributed by atoms with Crippen LogP contribution in [-0.2, 0) is 17.6 Å². The molecule has 1 aromatic heterocycles. The molecular formula is C22H22N2O4. The standard InChI is InChI=1S/C22H22N2O4/c23-15-7-4-8-17(25)21(15)18(26)10-9-16-22-19(27)11-14(12-20(22)28-24-16)13-5-2-1-3-6-13/h1-3,5-6,14,23,26H,4,7-12H2/b21-18-,23-15?. The molecule has 1 heterocycles. The molecule has 0 saturated heterocycles. The highest BCUT2D eigenvalue weighted by Crippen LogP contribution is 2.34. The lowest BCUT2D eigenvalue weighted by atomic mass is 9.81. The molecule has 2 aliphatic rings. The van der Waals surface area contributed by atoms with Gasteiger partial charge in [-0.2, -0.15) is 0 Å². The topological polar surface area (TPSA) is 104 Å². The van der Waals surface area contributed by atoms with Gasteiger partial charge in [0.05, 0.1) is 16.8 Å². The van der Waals surface area contributed by atoms with E-state index in [-0.39, 0.29) is 40.9 Å². The van der Waals surface area contributed by atoms with E-state index in [0.717, 1.165) is 5.56 Å². The van der Waals surface area contributed by atoms with Crippen LogP contribution in [0.15, 0.2) is 46.2 Å². The maximum atomic E-state index is 12.7. The van der Waals surface area contributed by atoms with Crippen LogP contribution in [0.2, 0.25) is 0 Å². The second-order valence-electron chi connectivity index (χ2n) is 7.44. The van der Waals surface area contributed by atoms with Gasteiger partial charge in [0.25, 0.3) is 0 Å². The molecular weight excluding hydrogens is 356 g/mol. The molecule has 1 fully saturated rings. The van der Waals surface area contributed by atoms with Gasteiger partial charge in [0, 0.05) is 37.8 Å². The molecule has 0 amide bonds. The zero-order valence-corrected chi connectivity index (χ0v) is 15.5. The first-order valence-corrected chi connectivity index (χ1v) is 9.63. The molecule has 0 bridgehead atoms. The van der Waals surface area contributed by atoms with Gasteiger partial charge in [-0.05, 0) is 24.3 Å². The van der Waals surface area contributed by atoms with Crippen molar-refractivity contribution in [3.63, 3.8) is 0 Å². The van der Waals surface area contributed by atoms with Crippen molar-refractivity contribution in [1.29, 1.82) is 5.41 Å². The van der Waals surface area contributed by atoms with Crippen molar-refractivity contribution in [2.45, 2.75) is 50.9 Å². The summed E-state index contributed by atoms with van der Waals surface area (Å²) in [6.45, 7) is 0. The smallest absolute Gasteiger partial charge is 0.168 e. The Bertz CT molecular complexity index is 954. The normalized spacial score (nSPS) is 21.6. The van der Waals surface area contributed by atoms with Gasteiger partial charge in [0.1, 0.15) is 11.5 Å². The molecule has 0 aliphatic heterocycles. The van der Waals surface area contributed by atoms with Gasteiger partial charge in [-0.25, -0.2) is 0 Å². The fraction of sp³-hybridized carbons (Fsp3) is 0.364. The molecule has 1 unspecified atom stereocenters. The van der Waals surface area contributed by atoms with Crippen molar-refractivity contribution in [3.8, 4) is 0 Å². The number of hydrogen-bond acceptors (Lipinski definition) is 6. The molecule has 4 rings (SSSR count). The molecule has 28 heavy (non-hydrogen) atoms. The first kappa shape index (κ1) is 18.3. The number of aryl methyl sites for hydroxylation is 1. The highest BCUT2D eigenvalue weighted by atomic mass is 16.5. The van der Waals surface area contributed by atoms with Crippen LogP contribution in [0.3, 0.4) is 0 Å². The Labute approximate surface area is 162 Å². The van der Waals surface area contributed by atoms with E-state index < -0.39 is 0 Å². The fourth-order valence-electron chi connectivity index (χ4n) is 4.11. The summed E-state index contributed by atoms with van der Waals surface area (Å²) in [4.78, 5) is 24.8. The van der Waals surface area contributed by atoms with Crippen LogP contribution >= 0.6 is 0 Å². The summed E-state index contributed by atoms with van der Waals surface area (Å²) in [7, 11) is 0. The summed E-state index contributed by atoms with van der Waals surface area (Å²) < 4.78 is 5.45. The summed E-state index contributed by atoms with van der Waals surface area (Å²) >= 11 is 0. The van der Waals surface area contributed by atoms with Crippen molar-refractivity contribution in [2.75, 3.05) is 0 Å². The number of rotatable bonds is 4. The van der Waals surface area contributed by atoms with Gasteiger partial charge in [-0.1, -0.05) is 35.5 Å². The Morgan fingerprint density at radius 3 is 2.68 bits per heavy atom. The van der Waals surface area contributed by atoms with Crippen molar-refractivity contribution >= 4 is 17.3 Å². The van der Waals surface area contributed by atoms with E-state index in [1.165, 1.54) is 0 Å². The summed E-state index contributed by atoms with van der Waals surface area (Å²) in [5.41, 5.74) is 2.48. The Balaban J connectivity index is 1.51. The predicted octanol–water partition coefficient (Wildman–Crippen LogP) is 4.10. The summed E-state index contributed by atoms with van der Waals surface area (Å²) in [6, 6.07) is 9.90. The average Bonchev–Trinajstić information content (AvgIpc) is 3.10. The number of allylic oxidation sites excluding steroid dienone is 2. The number of hydrogen-bond donors (Lipinski definition) is 2. The van der Waals surface area contributed by atoms with Gasteiger partial charge < -0.3 is 15.0 Å². The molecule has 0 spiro atoms. The van der Waals surface area contributed by atoms with E-state index in [1.807, 2.05) is 30.3 Å². The third-order valence-electron chi connectivity index (χ3n) is 5.55. The number of aliphatic hydroxyl groups is 1. The molecule has 6 nitrogen and oxygen atoms in total. The highest BCUT2D eigenvalue weighted by Gasteiger charge is 2.33. The largest absolute Gasteiger partial charge is 0.511 e. The zero-order chi connectivity index (χ0) is 19.7. The Kier molecular flexibility index (Phi) is 4.94. The minimum Gasteiger partial charge on any atom is -0.511 e. The Morgan fingerprint density at radius 1 is 1.14 bits per heavy atom. The minimum absolute atomic E-state index is 0.0000169. The third-order valence-corrected chi connectivity index (χ3v) is 5.55. The number of benzene rings is 1. The molecule has 144 valence electrons. The van der Waals surface area contributed by atoms with Crippen molar-refractivity contribution in [2.24, 2.45) is 0 Å². The lowest BCUT2D eigenvalue weighted by Gasteiger charge is -2.20. The molecule has 6 heteroatoms. The fourth-order valence-corrected chi connectivity index (χ4v) is 4.11. The van der Waals surface area contributed by atoms with Crippen molar-refractivity contribution < 1.29 is 19.2 Å². The van der Waals surface area contributed by atoms with Gasteiger partial charge in [0.15, 0.2) is 11.6 Å². The predicted molar refractivity (Wildman–Crippen MR) is 103 cm³/mol. The van der Waals surface area contributed by atoms with Gasteiger partial charge in [0.2, 0.25) is 0 Å². The number of nitrogens with zero attached hydrogens (tertiary/aromatic N) is 1. The van der Waals surface area contributed by atoms with Crippen LogP contribution in [0.1, 0.15) is 65.4 Å². The zero-order valence-electron chi connectivity index (χ0n) is 15.5. The number of Topliss-reactive ketones (excluding diaryl/α,β-unsaturated/α-hetero) is 2. The lowest BCUT2D eigenvalue weighted by molar-refractivity contribution is -0.115.